The number of nitrogens with one attached hydrogen (secondary N) is 1. The van der Waals surface area contributed by atoms with E-state index >= 15 is 0 Å². The van der Waals surface area contributed by atoms with Crippen LogP contribution in [0.3, 0.4) is 0 Å². The first kappa shape index (κ1) is 14.2. The first-order valence-electron chi connectivity index (χ1n) is 5.31. The van der Waals surface area contributed by atoms with Gasteiger partial charge in [-0.2, -0.15) is 5.10 Å². The molecule has 19 heavy (non-hydrogen) atoms. The van der Waals surface area contributed by atoms with Crippen LogP contribution in [0.1, 0.15) is 5.56 Å². The second-order valence-electron chi connectivity index (χ2n) is 3.92. The molecule has 0 aliphatic heterocycles. The van der Waals surface area contributed by atoms with Crippen molar-refractivity contribution < 1.29 is 12.8 Å². The lowest BCUT2D eigenvalue weighted by Crippen LogP contribution is -2.23. The van der Waals surface area contributed by atoms with Gasteiger partial charge in [0.25, 0.3) is 0 Å². The van der Waals surface area contributed by atoms with Crippen LogP contribution in [0.4, 0.5) is 4.39 Å². The molecule has 102 valence electrons. The molecular weight excluding hydrogens is 337 g/mol. The fraction of sp³-hybridized carbons (Fsp3) is 0.182. The van der Waals surface area contributed by atoms with E-state index < -0.39 is 15.8 Å². The molecule has 2 aromatic rings. The van der Waals surface area contributed by atoms with E-state index in [1.54, 1.807) is 24.1 Å². The van der Waals surface area contributed by atoms with E-state index in [0.717, 1.165) is 11.6 Å². The van der Waals surface area contributed by atoms with Gasteiger partial charge in [-0.3, -0.25) is 4.68 Å². The third kappa shape index (κ3) is 3.40. The van der Waals surface area contributed by atoms with E-state index in [1.165, 1.54) is 12.1 Å². The minimum atomic E-state index is -3.74. The van der Waals surface area contributed by atoms with Crippen LogP contribution >= 0.6 is 15.9 Å². The zero-order valence-electron chi connectivity index (χ0n) is 9.97. The summed E-state index contributed by atoms with van der Waals surface area (Å²) in [7, 11) is -2.00. The molecule has 0 aliphatic rings. The van der Waals surface area contributed by atoms with Crippen LogP contribution < -0.4 is 4.72 Å². The molecule has 5 nitrogen and oxygen atoms in total. The molecule has 1 N–H and O–H groups in total. The predicted molar refractivity (Wildman–Crippen MR) is 71.3 cm³/mol. The summed E-state index contributed by atoms with van der Waals surface area (Å²) in [6.07, 6.45) is 3.26. The quantitative estimate of drug-likeness (QED) is 0.917. The Hall–Kier alpha value is -1.25. The molecule has 2 rings (SSSR count). The first-order valence-corrected chi connectivity index (χ1v) is 7.58. The Labute approximate surface area is 118 Å². The smallest absolute Gasteiger partial charge is 0.240 e. The number of aromatic nitrogens is 2. The van der Waals surface area contributed by atoms with Crippen molar-refractivity contribution in [3.05, 3.63) is 46.4 Å². The molecule has 1 aromatic heterocycles. The SMILES string of the molecule is Cn1cc(CNS(=O)(=O)c2ccc(Br)c(F)c2)cn1. The van der Waals surface area contributed by atoms with Gasteiger partial charge in [-0.25, -0.2) is 17.5 Å². The van der Waals surface area contributed by atoms with Gasteiger partial charge in [0.1, 0.15) is 5.82 Å². The Morgan fingerprint density at radius 1 is 1.47 bits per heavy atom. The zero-order valence-corrected chi connectivity index (χ0v) is 12.4. The van der Waals surface area contributed by atoms with Gasteiger partial charge < -0.3 is 0 Å². The molecule has 0 radical (unpaired) electrons. The molecule has 0 fully saturated rings. The van der Waals surface area contributed by atoms with Crippen molar-refractivity contribution in [1.29, 1.82) is 0 Å². The van der Waals surface area contributed by atoms with Gasteiger partial charge in [-0.05, 0) is 34.1 Å². The van der Waals surface area contributed by atoms with E-state index in [0.29, 0.717) is 0 Å². The molecule has 0 amide bonds. The summed E-state index contributed by atoms with van der Waals surface area (Å²) in [5.74, 6) is -0.621. The lowest BCUT2D eigenvalue weighted by atomic mass is 10.3. The van der Waals surface area contributed by atoms with Crippen LogP contribution in [-0.4, -0.2) is 18.2 Å². The molecule has 0 saturated carbocycles. The van der Waals surface area contributed by atoms with Gasteiger partial charge >= 0.3 is 0 Å². The van der Waals surface area contributed by atoms with Crippen molar-refractivity contribution >= 4 is 26.0 Å². The molecule has 8 heteroatoms. The molecule has 0 atom stereocenters. The maximum Gasteiger partial charge on any atom is 0.240 e. The van der Waals surface area contributed by atoms with Crippen molar-refractivity contribution in [2.45, 2.75) is 11.4 Å². The largest absolute Gasteiger partial charge is 0.275 e. The summed E-state index contributed by atoms with van der Waals surface area (Å²) in [4.78, 5) is -0.114. The average Bonchev–Trinajstić information content (AvgIpc) is 2.76. The lowest BCUT2D eigenvalue weighted by molar-refractivity contribution is 0.576. The van der Waals surface area contributed by atoms with E-state index in [-0.39, 0.29) is 15.9 Å². The molecule has 0 saturated heterocycles. The standard InChI is InChI=1S/C11H11BrFN3O2S/c1-16-7-8(5-14-16)6-15-19(17,18)9-2-3-10(12)11(13)4-9/h2-5,7,15H,6H2,1H3. The lowest BCUT2D eigenvalue weighted by Gasteiger charge is -2.06. The highest BCUT2D eigenvalue weighted by atomic mass is 79.9. The van der Waals surface area contributed by atoms with Gasteiger partial charge in [0.15, 0.2) is 0 Å². The minimum Gasteiger partial charge on any atom is -0.275 e. The van der Waals surface area contributed by atoms with Crippen LogP contribution in [0.2, 0.25) is 0 Å². The molecule has 0 aliphatic carbocycles. The normalized spacial score (nSPS) is 11.7. The number of hydrogen-bond donors (Lipinski definition) is 1. The van der Waals surface area contributed by atoms with Gasteiger partial charge in [0.2, 0.25) is 10.0 Å². The summed E-state index contributed by atoms with van der Waals surface area (Å²) in [6, 6.07) is 3.66. The van der Waals surface area contributed by atoms with Crippen molar-refractivity contribution in [3.63, 3.8) is 0 Å². The number of aryl methyl sites for hydroxylation is 1. The highest BCUT2D eigenvalue weighted by Gasteiger charge is 2.15. The Bertz CT molecular complexity index is 700. The van der Waals surface area contributed by atoms with E-state index in [2.05, 4.69) is 25.8 Å². The van der Waals surface area contributed by atoms with Crippen molar-refractivity contribution in [2.24, 2.45) is 7.05 Å². The second kappa shape index (κ2) is 5.40. The average molecular weight is 348 g/mol. The molecule has 0 unspecified atom stereocenters. The predicted octanol–water partition coefficient (Wildman–Crippen LogP) is 1.80. The minimum absolute atomic E-state index is 0.105. The number of rotatable bonds is 4. The third-order valence-electron chi connectivity index (χ3n) is 2.43. The number of sulfonamides is 1. The Balaban J connectivity index is 2.16. The molecule has 0 spiro atoms. The maximum absolute atomic E-state index is 13.3. The van der Waals surface area contributed by atoms with Crippen LogP contribution in [0, 0.1) is 5.82 Å². The van der Waals surface area contributed by atoms with Gasteiger partial charge in [-0.1, -0.05) is 0 Å². The number of nitrogens with zero attached hydrogens (tertiary/aromatic N) is 2. The fourth-order valence-corrected chi connectivity index (χ4v) is 2.74. The number of hydrogen-bond acceptors (Lipinski definition) is 3. The van der Waals surface area contributed by atoms with Gasteiger partial charge in [-0.15, -0.1) is 0 Å². The Morgan fingerprint density at radius 2 is 2.21 bits per heavy atom. The first-order chi connectivity index (χ1) is 8.88. The number of benzene rings is 1. The van der Waals surface area contributed by atoms with E-state index in [9.17, 15) is 12.8 Å². The monoisotopic (exact) mass is 347 g/mol. The molecule has 0 bridgehead atoms. The van der Waals surface area contributed by atoms with Crippen LogP contribution in [-0.2, 0) is 23.6 Å². The van der Waals surface area contributed by atoms with Crippen molar-refractivity contribution in [1.82, 2.24) is 14.5 Å². The van der Waals surface area contributed by atoms with Gasteiger partial charge in [0, 0.05) is 25.4 Å². The van der Waals surface area contributed by atoms with Crippen LogP contribution in [0.5, 0.6) is 0 Å². The third-order valence-corrected chi connectivity index (χ3v) is 4.47. The molecular formula is C11H11BrFN3O2S. The van der Waals surface area contributed by atoms with Gasteiger partial charge in [0.05, 0.1) is 15.6 Å². The summed E-state index contributed by atoms with van der Waals surface area (Å²) in [5.41, 5.74) is 0.726. The highest BCUT2D eigenvalue weighted by molar-refractivity contribution is 9.10. The number of halogens is 2. The topological polar surface area (TPSA) is 64.0 Å². The Kier molecular flexibility index (Phi) is 4.02. The van der Waals surface area contributed by atoms with Crippen molar-refractivity contribution in [3.8, 4) is 0 Å². The molecule has 1 heterocycles. The van der Waals surface area contributed by atoms with Crippen LogP contribution in [0.15, 0.2) is 40.0 Å². The van der Waals surface area contributed by atoms with E-state index in [4.69, 9.17) is 0 Å². The summed E-state index contributed by atoms with van der Waals surface area (Å²) >= 11 is 2.97. The summed E-state index contributed by atoms with van der Waals surface area (Å²) in [6.45, 7) is 0.105. The zero-order chi connectivity index (χ0) is 14.0. The fourth-order valence-electron chi connectivity index (χ4n) is 1.47. The summed E-state index contributed by atoms with van der Waals surface area (Å²) < 4.78 is 41.4. The molecule has 1 aromatic carbocycles. The van der Waals surface area contributed by atoms with E-state index in [1.807, 2.05) is 0 Å². The highest BCUT2D eigenvalue weighted by Crippen LogP contribution is 2.19. The maximum atomic E-state index is 13.3. The second-order valence-corrected chi connectivity index (χ2v) is 6.54. The van der Waals surface area contributed by atoms with Crippen molar-refractivity contribution in [2.75, 3.05) is 0 Å². The summed E-state index contributed by atoms with van der Waals surface area (Å²) in [5, 5.41) is 3.93. The Morgan fingerprint density at radius 3 is 2.79 bits per heavy atom. The van der Waals surface area contributed by atoms with Crippen LogP contribution in [0.25, 0.3) is 0 Å².